The Labute approximate surface area is 151 Å². The lowest BCUT2D eigenvalue weighted by molar-refractivity contribution is -0.397. The molecular formula is C15H13F9O4. The Morgan fingerprint density at radius 1 is 1.00 bits per heavy atom. The molecule has 1 N–H and O–H groups in total. The molecule has 0 fully saturated rings. The van der Waals surface area contributed by atoms with Gasteiger partial charge in [-0.2, -0.15) is 39.5 Å². The molecule has 0 aliphatic carbocycles. The first-order valence-corrected chi connectivity index (χ1v) is 7.41. The molecule has 4 nitrogen and oxygen atoms in total. The Morgan fingerprint density at radius 3 is 2.04 bits per heavy atom. The molecule has 0 atom stereocenters. The molecule has 0 aliphatic heterocycles. The van der Waals surface area contributed by atoms with Crippen molar-refractivity contribution in [2.24, 2.45) is 0 Å². The van der Waals surface area contributed by atoms with Gasteiger partial charge in [-0.1, -0.05) is 0 Å². The molecule has 13 heteroatoms. The summed E-state index contributed by atoms with van der Waals surface area (Å²) in [5, 5.41) is 9.60. The molecule has 0 amide bonds. The van der Waals surface area contributed by atoms with Gasteiger partial charge in [0.25, 0.3) is 0 Å². The van der Waals surface area contributed by atoms with Gasteiger partial charge in [0.1, 0.15) is 17.1 Å². The smallest absolute Gasteiger partial charge is 0.460 e. The summed E-state index contributed by atoms with van der Waals surface area (Å²) in [4.78, 5) is 11.4. The zero-order valence-corrected chi connectivity index (χ0v) is 13.9. The lowest BCUT2D eigenvalue weighted by atomic mass is 10.0. The van der Waals surface area contributed by atoms with Crippen LogP contribution in [0.2, 0.25) is 0 Å². The summed E-state index contributed by atoms with van der Waals surface area (Å²) < 4.78 is 123. The van der Waals surface area contributed by atoms with Crippen LogP contribution in [0, 0.1) is 0 Å². The van der Waals surface area contributed by atoms with Crippen molar-refractivity contribution >= 4 is 5.97 Å². The lowest BCUT2D eigenvalue weighted by Gasteiger charge is -2.33. The predicted octanol–water partition coefficient (Wildman–Crippen LogP) is 4.81. The third-order valence-corrected chi connectivity index (χ3v) is 3.36. The minimum atomic E-state index is -6.97. The van der Waals surface area contributed by atoms with Crippen molar-refractivity contribution in [1.82, 2.24) is 0 Å². The zero-order chi connectivity index (χ0) is 22.0. The zero-order valence-electron chi connectivity index (χ0n) is 13.9. The number of rotatable bonds is 8. The SMILES string of the molecule is CCOC(=O)c1ccc(OCCC(F)(F)C(F)(F)C(F)(F)C(F)(F)F)cc1O. The number of phenolic OH excluding ortho intramolecular Hbond substituents is 1. The van der Waals surface area contributed by atoms with E-state index < -0.39 is 54.4 Å². The van der Waals surface area contributed by atoms with Crippen LogP contribution in [0.3, 0.4) is 0 Å². The fourth-order valence-corrected chi connectivity index (χ4v) is 1.84. The fourth-order valence-electron chi connectivity index (χ4n) is 1.84. The van der Waals surface area contributed by atoms with Crippen LogP contribution in [-0.4, -0.2) is 48.2 Å². The highest BCUT2D eigenvalue weighted by Crippen LogP contribution is 2.53. The number of halogens is 9. The lowest BCUT2D eigenvalue weighted by Crippen LogP contribution is -2.61. The third-order valence-electron chi connectivity index (χ3n) is 3.36. The van der Waals surface area contributed by atoms with Gasteiger partial charge in [-0.3, -0.25) is 0 Å². The summed E-state index contributed by atoms with van der Waals surface area (Å²) >= 11 is 0. The van der Waals surface area contributed by atoms with Crippen LogP contribution < -0.4 is 4.74 Å². The minimum absolute atomic E-state index is 0.0254. The maximum atomic E-state index is 13.3. The number of aromatic hydroxyl groups is 1. The molecule has 0 radical (unpaired) electrons. The molecule has 0 bridgehead atoms. The number of hydrogen-bond acceptors (Lipinski definition) is 4. The van der Waals surface area contributed by atoms with E-state index in [4.69, 9.17) is 0 Å². The summed E-state index contributed by atoms with van der Waals surface area (Å²) in [7, 11) is 0. The average molecular weight is 428 g/mol. The van der Waals surface area contributed by atoms with Crippen LogP contribution >= 0.6 is 0 Å². The van der Waals surface area contributed by atoms with Crippen molar-refractivity contribution in [2.75, 3.05) is 13.2 Å². The first-order valence-electron chi connectivity index (χ1n) is 7.41. The molecule has 0 aromatic heterocycles. The molecule has 0 unspecified atom stereocenters. The van der Waals surface area contributed by atoms with Crippen LogP contribution in [0.25, 0.3) is 0 Å². The Bertz CT molecular complexity index is 701. The molecule has 0 aliphatic rings. The monoisotopic (exact) mass is 428 g/mol. The first kappa shape index (κ1) is 23.7. The van der Waals surface area contributed by atoms with Crippen molar-refractivity contribution in [3.05, 3.63) is 23.8 Å². The van der Waals surface area contributed by atoms with Crippen LogP contribution in [-0.2, 0) is 4.74 Å². The van der Waals surface area contributed by atoms with Crippen molar-refractivity contribution in [2.45, 2.75) is 37.3 Å². The van der Waals surface area contributed by atoms with Crippen molar-refractivity contribution < 1.29 is 58.9 Å². The number of esters is 1. The molecule has 1 aromatic rings. The highest BCUT2D eigenvalue weighted by atomic mass is 19.4. The second kappa shape index (κ2) is 7.95. The second-order valence-electron chi connectivity index (χ2n) is 5.35. The van der Waals surface area contributed by atoms with Crippen LogP contribution in [0.5, 0.6) is 11.5 Å². The summed E-state index contributed by atoms with van der Waals surface area (Å²) in [6.45, 7) is 0.0573. The van der Waals surface area contributed by atoms with E-state index in [1.807, 2.05) is 0 Å². The van der Waals surface area contributed by atoms with Gasteiger partial charge >= 0.3 is 29.9 Å². The van der Waals surface area contributed by atoms with Crippen molar-refractivity contribution in [3.63, 3.8) is 0 Å². The Balaban J connectivity index is 2.84. The number of benzene rings is 1. The van der Waals surface area contributed by atoms with Gasteiger partial charge in [0, 0.05) is 6.07 Å². The van der Waals surface area contributed by atoms with Gasteiger partial charge in [0.15, 0.2) is 0 Å². The summed E-state index contributed by atoms with van der Waals surface area (Å²) in [5.74, 6) is -21.6. The molecule has 0 saturated heterocycles. The summed E-state index contributed by atoms with van der Waals surface area (Å²) in [6.07, 6.45) is -9.08. The van der Waals surface area contributed by atoms with Crippen LogP contribution in [0.15, 0.2) is 18.2 Å². The molecule has 28 heavy (non-hydrogen) atoms. The van der Waals surface area contributed by atoms with E-state index in [0.717, 1.165) is 12.1 Å². The van der Waals surface area contributed by atoms with Crippen LogP contribution in [0.1, 0.15) is 23.7 Å². The first-order chi connectivity index (χ1) is 12.6. The summed E-state index contributed by atoms with van der Waals surface area (Å²) in [6, 6.07) is 2.59. The fraction of sp³-hybridized carbons (Fsp3) is 0.533. The van der Waals surface area contributed by atoms with E-state index in [2.05, 4.69) is 9.47 Å². The van der Waals surface area contributed by atoms with E-state index >= 15 is 0 Å². The Hall–Kier alpha value is -2.34. The maximum absolute atomic E-state index is 13.3. The highest BCUT2D eigenvalue weighted by Gasteiger charge is 2.81. The molecule has 160 valence electrons. The molecule has 0 saturated carbocycles. The van der Waals surface area contributed by atoms with E-state index in [0.29, 0.717) is 6.07 Å². The number of phenols is 1. The topological polar surface area (TPSA) is 55.8 Å². The quantitative estimate of drug-likeness (QED) is 0.477. The normalized spacial score (nSPS) is 13.4. The molecule has 1 aromatic carbocycles. The standard InChI is InChI=1S/C15H13F9O4/c1-2-27-11(26)9-4-3-8(7-10(9)25)28-6-5-12(16,17)13(18,19)14(20,21)15(22,23)24/h3-4,7,25H,2,5-6H2,1H3. The van der Waals surface area contributed by atoms with E-state index in [1.54, 1.807) is 0 Å². The van der Waals surface area contributed by atoms with Gasteiger partial charge in [-0.25, -0.2) is 4.79 Å². The van der Waals surface area contributed by atoms with Gasteiger partial charge < -0.3 is 14.6 Å². The predicted molar refractivity (Wildman–Crippen MR) is 75.1 cm³/mol. The number of carbonyl (C=O) groups excluding carboxylic acids is 1. The van der Waals surface area contributed by atoms with Crippen LogP contribution in [0.4, 0.5) is 39.5 Å². The van der Waals surface area contributed by atoms with Crippen molar-refractivity contribution in [3.8, 4) is 11.5 Å². The largest absolute Gasteiger partial charge is 0.507 e. The van der Waals surface area contributed by atoms with E-state index in [9.17, 15) is 49.4 Å². The molecular weight excluding hydrogens is 415 g/mol. The van der Waals surface area contributed by atoms with Gasteiger partial charge in [-0.05, 0) is 19.1 Å². The number of alkyl halides is 9. The van der Waals surface area contributed by atoms with Gasteiger partial charge in [0.2, 0.25) is 0 Å². The van der Waals surface area contributed by atoms with E-state index in [-0.39, 0.29) is 12.2 Å². The minimum Gasteiger partial charge on any atom is -0.507 e. The number of carbonyl (C=O) groups is 1. The average Bonchev–Trinajstić information content (AvgIpc) is 2.53. The maximum Gasteiger partial charge on any atom is 0.460 e. The molecule has 1 rings (SSSR count). The van der Waals surface area contributed by atoms with Gasteiger partial charge in [-0.15, -0.1) is 0 Å². The number of ether oxygens (including phenoxy) is 2. The highest BCUT2D eigenvalue weighted by molar-refractivity contribution is 5.92. The third kappa shape index (κ3) is 4.55. The summed E-state index contributed by atoms with van der Waals surface area (Å²) in [5.41, 5.74) is -0.337. The van der Waals surface area contributed by atoms with E-state index in [1.165, 1.54) is 6.92 Å². The Morgan fingerprint density at radius 2 is 1.57 bits per heavy atom. The number of hydrogen-bond donors (Lipinski definition) is 1. The van der Waals surface area contributed by atoms with Crippen molar-refractivity contribution in [1.29, 1.82) is 0 Å². The molecule has 0 heterocycles. The van der Waals surface area contributed by atoms with Gasteiger partial charge in [0.05, 0.1) is 19.6 Å². The second-order valence-corrected chi connectivity index (χ2v) is 5.35. The molecule has 0 spiro atoms. The Kier molecular flexibility index (Phi) is 6.73.